The Bertz CT molecular complexity index is 2150. The second kappa shape index (κ2) is 21.8. The number of ether oxygens (including phenoxy) is 1. The molecule has 0 bridgehead atoms. The number of carbonyl (C=O) groups is 7. The molecule has 0 aliphatic carbocycles. The first kappa shape index (κ1) is 47.6. The third-order valence-electron chi connectivity index (χ3n) is 15.1. The van der Waals surface area contributed by atoms with Gasteiger partial charge in [-0.15, -0.1) is 0 Å². The van der Waals surface area contributed by atoms with Crippen molar-refractivity contribution in [2.45, 2.75) is 158 Å². The van der Waals surface area contributed by atoms with Gasteiger partial charge in [-0.2, -0.15) is 0 Å². The average Bonchev–Trinajstić information content (AvgIpc) is 4.19. The molecular formula is C50H65N7O10. The van der Waals surface area contributed by atoms with Gasteiger partial charge in [0, 0.05) is 125 Å². The summed E-state index contributed by atoms with van der Waals surface area (Å²) in [6.07, 6.45) is 10.0. The Morgan fingerprint density at radius 1 is 0.463 bits per heavy atom. The van der Waals surface area contributed by atoms with Gasteiger partial charge in [-0.3, -0.25) is 43.7 Å². The van der Waals surface area contributed by atoms with Crippen LogP contribution in [0, 0.1) is 10.1 Å². The fraction of sp³-hybridized carbons (Fsp3) is 0.620. The summed E-state index contributed by atoms with van der Waals surface area (Å²) in [6.45, 7) is 3.49. The van der Waals surface area contributed by atoms with Crippen LogP contribution in [0.15, 0.2) is 54.6 Å². The molecule has 17 heteroatoms. The minimum Gasteiger partial charge on any atom is -0.461 e. The second-order valence-corrected chi connectivity index (χ2v) is 19.4. The van der Waals surface area contributed by atoms with Crippen molar-refractivity contribution in [3.8, 4) is 0 Å². The minimum absolute atomic E-state index is 0.0458. The number of hydrogen-bond donors (Lipinski definition) is 0. The smallest absolute Gasteiger partial charge is 0.308 e. The lowest BCUT2D eigenvalue weighted by Gasteiger charge is -2.32. The number of amides is 6. The van der Waals surface area contributed by atoms with Crippen molar-refractivity contribution in [3.63, 3.8) is 0 Å². The number of carbonyl (C=O) groups excluding carboxylic acids is 7. The number of nitrogens with zero attached hydrogens (tertiary/aromatic N) is 7. The van der Waals surface area contributed by atoms with Gasteiger partial charge in [0.05, 0.1) is 11.3 Å². The Kier molecular flexibility index (Phi) is 15.5. The highest BCUT2D eigenvalue weighted by Crippen LogP contribution is 2.32. The first-order valence-corrected chi connectivity index (χ1v) is 24.7. The SMILES string of the molecule is O=C(C[C@@H]1CCCN1C(=O)C[C@@H]1CCCN1C(=O)C[C@@H]1CCCN1C(=O)C[C@@H]1CCCN1C(=O)C[C@@H]1CCCN1C(=O)C[C@@H]1CCCN1C(=O)c1ccc([N+](=O)[O-])cc1)OCc1ccccc1. The average molecular weight is 924 g/mol. The summed E-state index contributed by atoms with van der Waals surface area (Å²) >= 11 is 0. The maximum atomic E-state index is 14.0. The monoisotopic (exact) mass is 923 g/mol. The summed E-state index contributed by atoms with van der Waals surface area (Å²) in [4.78, 5) is 117. The lowest BCUT2D eigenvalue weighted by atomic mass is 10.1. The number of hydrogen-bond acceptors (Lipinski definition) is 10. The van der Waals surface area contributed by atoms with E-state index in [1.54, 1.807) is 14.7 Å². The number of likely N-dealkylation sites (tertiary alicyclic amines) is 6. The van der Waals surface area contributed by atoms with Crippen LogP contribution in [0.1, 0.15) is 131 Å². The van der Waals surface area contributed by atoms with Crippen molar-refractivity contribution >= 4 is 47.1 Å². The molecule has 0 aromatic heterocycles. The summed E-state index contributed by atoms with van der Waals surface area (Å²) in [7, 11) is 0. The lowest BCUT2D eigenvalue weighted by molar-refractivity contribution is -0.384. The van der Waals surface area contributed by atoms with Gasteiger partial charge in [-0.1, -0.05) is 30.3 Å². The summed E-state index contributed by atoms with van der Waals surface area (Å²) in [5.74, 6) is -0.896. The molecular weight excluding hydrogens is 859 g/mol. The fourth-order valence-electron chi connectivity index (χ4n) is 11.7. The maximum absolute atomic E-state index is 14.0. The predicted octanol–water partition coefficient (Wildman–Crippen LogP) is 5.24. The van der Waals surface area contributed by atoms with Gasteiger partial charge in [-0.25, -0.2) is 0 Å². The van der Waals surface area contributed by atoms with E-state index in [0.29, 0.717) is 70.5 Å². The van der Waals surface area contributed by atoms with Crippen LogP contribution in [-0.2, 0) is 40.1 Å². The van der Waals surface area contributed by atoms with Crippen molar-refractivity contribution < 1.29 is 43.2 Å². The Morgan fingerprint density at radius 2 is 0.791 bits per heavy atom. The molecule has 6 aliphatic heterocycles. The molecule has 0 N–H and O–H groups in total. The Hall–Kier alpha value is -5.87. The predicted molar refractivity (Wildman–Crippen MR) is 245 cm³/mol. The molecule has 6 heterocycles. The van der Waals surface area contributed by atoms with Gasteiger partial charge in [-0.05, 0) is 94.7 Å². The molecule has 6 atom stereocenters. The highest BCUT2D eigenvalue weighted by atomic mass is 16.6. The van der Waals surface area contributed by atoms with Gasteiger partial charge in [0.1, 0.15) is 6.61 Å². The molecule has 360 valence electrons. The Morgan fingerprint density at radius 3 is 1.15 bits per heavy atom. The van der Waals surface area contributed by atoms with Gasteiger partial charge in [0.2, 0.25) is 29.5 Å². The van der Waals surface area contributed by atoms with Crippen LogP contribution >= 0.6 is 0 Å². The molecule has 2 aromatic carbocycles. The van der Waals surface area contributed by atoms with Gasteiger partial charge in [0.15, 0.2) is 0 Å². The van der Waals surface area contributed by atoms with E-state index in [1.165, 1.54) is 24.3 Å². The summed E-state index contributed by atoms with van der Waals surface area (Å²) in [5.41, 5.74) is 1.15. The van der Waals surface area contributed by atoms with Crippen LogP contribution in [0.2, 0.25) is 0 Å². The van der Waals surface area contributed by atoms with Crippen molar-refractivity contribution in [2.75, 3.05) is 39.3 Å². The van der Waals surface area contributed by atoms with E-state index in [1.807, 2.05) is 45.0 Å². The normalized spacial score (nSPS) is 25.0. The van der Waals surface area contributed by atoms with Crippen LogP contribution in [0.25, 0.3) is 0 Å². The molecule has 6 aliphatic rings. The number of nitro benzene ring substituents is 1. The quantitative estimate of drug-likeness (QED) is 0.122. The number of non-ortho nitro benzene ring substituents is 1. The van der Waals surface area contributed by atoms with Crippen molar-refractivity contribution in [1.29, 1.82) is 0 Å². The van der Waals surface area contributed by atoms with Crippen LogP contribution < -0.4 is 0 Å². The molecule has 8 rings (SSSR count). The van der Waals surface area contributed by atoms with E-state index in [4.69, 9.17) is 4.74 Å². The molecule has 6 amide bonds. The van der Waals surface area contributed by atoms with Crippen LogP contribution in [0.4, 0.5) is 5.69 Å². The molecule has 0 saturated carbocycles. The molecule has 67 heavy (non-hydrogen) atoms. The molecule has 6 fully saturated rings. The van der Waals surface area contributed by atoms with E-state index in [-0.39, 0.29) is 128 Å². The molecule has 0 unspecified atom stereocenters. The second-order valence-electron chi connectivity index (χ2n) is 19.4. The van der Waals surface area contributed by atoms with E-state index in [9.17, 15) is 43.7 Å². The van der Waals surface area contributed by atoms with Gasteiger partial charge in [0.25, 0.3) is 11.6 Å². The number of rotatable bonds is 16. The highest BCUT2D eigenvalue weighted by Gasteiger charge is 2.41. The molecule has 6 saturated heterocycles. The first-order valence-electron chi connectivity index (χ1n) is 24.7. The number of nitro groups is 1. The molecule has 0 spiro atoms. The first-order chi connectivity index (χ1) is 32.4. The zero-order valence-electron chi connectivity index (χ0n) is 38.6. The van der Waals surface area contributed by atoms with Crippen molar-refractivity contribution in [1.82, 2.24) is 29.4 Å². The Labute approximate surface area is 392 Å². The van der Waals surface area contributed by atoms with Crippen LogP contribution in [0.5, 0.6) is 0 Å². The number of benzene rings is 2. The molecule has 0 radical (unpaired) electrons. The van der Waals surface area contributed by atoms with E-state index >= 15 is 0 Å². The minimum atomic E-state index is -0.511. The molecule has 17 nitrogen and oxygen atoms in total. The van der Waals surface area contributed by atoms with Gasteiger partial charge < -0.3 is 34.1 Å². The standard InChI is InChI=1S/C50H65N7O10/c58-44(51-22-4-13-39(51)29-45(59)53-24-6-15-41(53)31-47(61)55-26-8-17-43(55)33-49(63)67-34-35-10-2-1-3-11-35)28-38-12-5-23-52(38)46(60)30-40-14-7-25-54(40)48(62)32-42-16-9-27-56(42)50(64)36-18-20-37(21-19-36)57(65)66/h1-3,10-11,18-21,38-43H,4-9,12-17,22-34H2/t38-,39-,40-,41-,42-,43-/m0/s1. The van der Waals surface area contributed by atoms with E-state index in [2.05, 4.69) is 0 Å². The van der Waals surface area contributed by atoms with Gasteiger partial charge >= 0.3 is 5.97 Å². The van der Waals surface area contributed by atoms with Crippen LogP contribution in [-0.4, -0.2) is 151 Å². The number of esters is 1. The largest absolute Gasteiger partial charge is 0.461 e. The highest BCUT2D eigenvalue weighted by molar-refractivity contribution is 5.95. The van der Waals surface area contributed by atoms with E-state index < -0.39 is 4.92 Å². The summed E-state index contributed by atoms with van der Waals surface area (Å²) < 4.78 is 5.51. The van der Waals surface area contributed by atoms with Crippen molar-refractivity contribution in [3.05, 3.63) is 75.8 Å². The molecule has 2 aromatic rings. The zero-order valence-corrected chi connectivity index (χ0v) is 38.6. The summed E-state index contributed by atoms with van der Waals surface area (Å²) in [6, 6.07) is 13.5. The topological polar surface area (TPSA) is 191 Å². The third kappa shape index (κ3) is 11.5. The summed E-state index contributed by atoms with van der Waals surface area (Å²) in [5, 5.41) is 11.1. The Balaban J connectivity index is 0.793. The van der Waals surface area contributed by atoms with Crippen LogP contribution in [0.3, 0.4) is 0 Å². The maximum Gasteiger partial charge on any atom is 0.308 e. The van der Waals surface area contributed by atoms with E-state index in [0.717, 1.165) is 56.9 Å². The lowest BCUT2D eigenvalue weighted by Crippen LogP contribution is -2.46. The zero-order chi connectivity index (χ0) is 47.0. The van der Waals surface area contributed by atoms with Crippen molar-refractivity contribution in [2.24, 2.45) is 0 Å². The fourth-order valence-corrected chi connectivity index (χ4v) is 11.7. The third-order valence-corrected chi connectivity index (χ3v) is 15.1.